The van der Waals surface area contributed by atoms with Gasteiger partial charge in [-0.1, -0.05) is 66.7 Å². The number of ether oxygens (including phenoxy) is 1. The first-order valence-electron chi connectivity index (χ1n) is 16.3. The fourth-order valence-electron chi connectivity index (χ4n) is 6.21. The van der Waals surface area contributed by atoms with Crippen molar-refractivity contribution in [1.29, 1.82) is 0 Å². The highest BCUT2D eigenvalue weighted by molar-refractivity contribution is 5.92. The lowest BCUT2D eigenvalue weighted by molar-refractivity contribution is -0.138. The SMILES string of the molecule is CC(=O)N[C@@H](Cc1cnc[nH]1)C(=O)N[C@H](Cc1ccccc1)C(=O)N1C[C@H](OCc2ccc3ccccc3c2)C[C@H]1CCCN=C(N)N. The number of likely N-dealkylation sites (tertiary alicyclic amines) is 1. The van der Waals surface area contributed by atoms with Gasteiger partial charge in [0.05, 0.1) is 19.0 Å². The van der Waals surface area contributed by atoms with Crippen LogP contribution in [0, 0.1) is 0 Å². The normalized spacial score (nSPS) is 17.1. The Morgan fingerprint density at radius 1 is 0.979 bits per heavy atom. The number of nitrogens with two attached hydrogens (primary N) is 2. The van der Waals surface area contributed by atoms with Gasteiger partial charge in [0, 0.05) is 50.8 Å². The molecular weight excluding hydrogens is 608 g/mol. The second-order valence-electron chi connectivity index (χ2n) is 12.2. The van der Waals surface area contributed by atoms with Gasteiger partial charge in [0.25, 0.3) is 0 Å². The molecule has 5 rings (SSSR count). The maximum Gasteiger partial charge on any atom is 0.245 e. The van der Waals surface area contributed by atoms with Crippen molar-refractivity contribution in [2.24, 2.45) is 16.5 Å². The molecule has 0 spiro atoms. The van der Waals surface area contributed by atoms with Crippen LogP contribution in [-0.2, 0) is 38.6 Å². The first-order chi connectivity index (χ1) is 23.2. The molecule has 1 saturated heterocycles. The molecule has 7 N–H and O–H groups in total. The summed E-state index contributed by atoms with van der Waals surface area (Å²) in [4.78, 5) is 53.1. The van der Waals surface area contributed by atoms with Crippen molar-refractivity contribution in [3.05, 3.63) is 102 Å². The zero-order valence-electron chi connectivity index (χ0n) is 27.2. The topological polar surface area (TPSA) is 181 Å². The number of aromatic nitrogens is 2. The first kappa shape index (κ1) is 34.1. The quantitative estimate of drug-likeness (QED) is 0.0743. The van der Waals surface area contributed by atoms with Crippen LogP contribution >= 0.6 is 0 Å². The molecule has 0 radical (unpaired) electrons. The van der Waals surface area contributed by atoms with Crippen LogP contribution in [0.15, 0.2) is 90.3 Å². The molecule has 1 aromatic heterocycles. The molecule has 2 heterocycles. The van der Waals surface area contributed by atoms with Gasteiger partial charge < -0.3 is 36.7 Å². The van der Waals surface area contributed by atoms with E-state index in [-0.39, 0.29) is 42.8 Å². The predicted octanol–water partition coefficient (Wildman–Crippen LogP) is 2.58. The van der Waals surface area contributed by atoms with Gasteiger partial charge in [-0.2, -0.15) is 0 Å². The number of aromatic amines is 1. The van der Waals surface area contributed by atoms with E-state index >= 15 is 0 Å². The fourth-order valence-corrected chi connectivity index (χ4v) is 6.21. The van der Waals surface area contributed by atoms with Crippen LogP contribution in [0.2, 0.25) is 0 Å². The van der Waals surface area contributed by atoms with E-state index in [1.165, 1.54) is 13.3 Å². The molecule has 1 aliphatic heterocycles. The number of carbonyl (C=O) groups is 3. The third-order valence-corrected chi connectivity index (χ3v) is 8.52. The van der Waals surface area contributed by atoms with Crippen molar-refractivity contribution in [3.8, 4) is 0 Å². The molecule has 1 aliphatic rings. The molecule has 252 valence electrons. The number of guanidine groups is 1. The molecule has 0 saturated carbocycles. The Hall–Kier alpha value is -5.23. The monoisotopic (exact) mass is 652 g/mol. The predicted molar refractivity (Wildman–Crippen MR) is 185 cm³/mol. The summed E-state index contributed by atoms with van der Waals surface area (Å²) in [7, 11) is 0. The molecule has 0 bridgehead atoms. The van der Waals surface area contributed by atoms with Gasteiger partial charge in [-0.25, -0.2) is 4.98 Å². The lowest BCUT2D eigenvalue weighted by Gasteiger charge is -2.30. The average molecular weight is 653 g/mol. The van der Waals surface area contributed by atoms with E-state index < -0.39 is 18.0 Å². The van der Waals surface area contributed by atoms with Gasteiger partial charge in [0.2, 0.25) is 17.7 Å². The third kappa shape index (κ3) is 9.64. The van der Waals surface area contributed by atoms with Crippen molar-refractivity contribution >= 4 is 34.5 Å². The van der Waals surface area contributed by atoms with Gasteiger partial charge in [-0.15, -0.1) is 0 Å². The number of nitrogens with zero attached hydrogens (tertiary/aromatic N) is 3. The minimum atomic E-state index is -0.902. The van der Waals surface area contributed by atoms with Crippen LogP contribution < -0.4 is 22.1 Å². The number of nitrogens with one attached hydrogen (secondary N) is 3. The Morgan fingerprint density at radius 2 is 1.75 bits per heavy atom. The van der Waals surface area contributed by atoms with Gasteiger partial charge >= 0.3 is 0 Å². The van der Waals surface area contributed by atoms with Crippen LogP contribution in [0.5, 0.6) is 0 Å². The molecule has 0 aliphatic carbocycles. The van der Waals surface area contributed by atoms with E-state index in [0.717, 1.165) is 21.9 Å². The second-order valence-corrected chi connectivity index (χ2v) is 12.2. The average Bonchev–Trinajstić information content (AvgIpc) is 3.75. The Kier molecular flexibility index (Phi) is 11.8. The summed E-state index contributed by atoms with van der Waals surface area (Å²) in [6.45, 7) is 2.59. The summed E-state index contributed by atoms with van der Waals surface area (Å²) in [6, 6.07) is 22.1. The summed E-state index contributed by atoms with van der Waals surface area (Å²) >= 11 is 0. The third-order valence-electron chi connectivity index (χ3n) is 8.52. The molecule has 12 nitrogen and oxygen atoms in total. The number of H-pyrrole nitrogens is 1. The molecule has 4 atom stereocenters. The lowest BCUT2D eigenvalue weighted by Crippen LogP contribution is -2.56. The number of imidazole rings is 1. The van der Waals surface area contributed by atoms with Gasteiger partial charge in [0.1, 0.15) is 12.1 Å². The zero-order valence-corrected chi connectivity index (χ0v) is 27.2. The number of hydrogen-bond donors (Lipinski definition) is 5. The van der Waals surface area contributed by atoms with Crippen molar-refractivity contribution in [2.75, 3.05) is 13.1 Å². The molecule has 3 aromatic carbocycles. The number of aliphatic imine (C=N–C) groups is 1. The first-order valence-corrected chi connectivity index (χ1v) is 16.3. The molecular formula is C36H44N8O4. The second kappa shape index (κ2) is 16.6. The number of fused-ring (bicyclic) bond motifs is 1. The number of carbonyl (C=O) groups excluding carboxylic acids is 3. The zero-order chi connectivity index (χ0) is 33.9. The number of hydrogen-bond acceptors (Lipinski definition) is 6. The van der Waals surface area contributed by atoms with Crippen LogP contribution in [0.25, 0.3) is 10.8 Å². The minimum absolute atomic E-state index is 0.0282. The van der Waals surface area contributed by atoms with Crippen LogP contribution in [0.1, 0.15) is 43.0 Å². The highest BCUT2D eigenvalue weighted by atomic mass is 16.5. The Labute approximate surface area is 280 Å². The summed E-state index contributed by atoms with van der Waals surface area (Å²) in [6.07, 6.45) is 5.37. The Morgan fingerprint density at radius 3 is 2.48 bits per heavy atom. The smallest absolute Gasteiger partial charge is 0.245 e. The minimum Gasteiger partial charge on any atom is -0.372 e. The number of benzene rings is 3. The van der Waals surface area contributed by atoms with E-state index in [0.29, 0.717) is 44.7 Å². The van der Waals surface area contributed by atoms with Gasteiger partial charge in [-0.3, -0.25) is 19.4 Å². The molecule has 0 unspecified atom stereocenters. The van der Waals surface area contributed by atoms with E-state index in [1.54, 1.807) is 6.20 Å². The Bertz CT molecular complexity index is 1690. The number of rotatable bonds is 15. The fraction of sp³-hybridized carbons (Fsp3) is 0.361. The standard InChI is InChI=1S/C36H44N8O4/c1-24(45)42-32(18-29-20-39-23-41-29)34(46)43-33(17-25-8-3-2-4-9-25)35(47)44-21-31(19-30(44)12-7-15-40-36(37)38)48-22-26-13-14-27-10-5-6-11-28(27)16-26/h2-6,8-11,13-14,16,20,23,30-33H,7,12,15,17-19,21-22H2,1H3,(H,39,41)(H,42,45)(H,43,46)(H4,37,38,40)/t30-,31-,32+,33-/m1/s1. The summed E-state index contributed by atoms with van der Waals surface area (Å²) < 4.78 is 6.41. The van der Waals surface area contributed by atoms with Gasteiger partial charge in [-0.05, 0) is 47.2 Å². The molecule has 1 fully saturated rings. The summed E-state index contributed by atoms with van der Waals surface area (Å²) in [5.74, 6) is -0.992. The maximum atomic E-state index is 14.4. The van der Waals surface area contributed by atoms with Crippen molar-refractivity contribution < 1.29 is 19.1 Å². The molecule has 12 heteroatoms. The van der Waals surface area contributed by atoms with E-state index in [4.69, 9.17) is 16.2 Å². The highest BCUT2D eigenvalue weighted by Gasteiger charge is 2.39. The molecule has 3 amide bonds. The number of amides is 3. The van der Waals surface area contributed by atoms with Crippen LogP contribution in [-0.4, -0.2) is 75.9 Å². The summed E-state index contributed by atoms with van der Waals surface area (Å²) in [5.41, 5.74) is 13.7. The lowest BCUT2D eigenvalue weighted by atomic mass is 10.0. The molecule has 48 heavy (non-hydrogen) atoms. The largest absolute Gasteiger partial charge is 0.372 e. The maximum absolute atomic E-state index is 14.4. The summed E-state index contributed by atoms with van der Waals surface area (Å²) in [5, 5.41) is 8.01. The van der Waals surface area contributed by atoms with Crippen molar-refractivity contribution in [3.63, 3.8) is 0 Å². The van der Waals surface area contributed by atoms with Crippen LogP contribution in [0.4, 0.5) is 0 Å². The van der Waals surface area contributed by atoms with Gasteiger partial charge in [0.15, 0.2) is 5.96 Å². The Balaban J connectivity index is 1.34. The van der Waals surface area contributed by atoms with Crippen molar-refractivity contribution in [1.82, 2.24) is 25.5 Å². The van der Waals surface area contributed by atoms with E-state index in [9.17, 15) is 14.4 Å². The van der Waals surface area contributed by atoms with E-state index in [2.05, 4.69) is 55.9 Å². The highest BCUT2D eigenvalue weighted by Crippen LogP contribution is 2.27. The molecule has 4 aromatic rings. The van der Waals surface area contributed by atoms with E-state index in [1.807, 2.05) is 47.4 Å². The van der Waals surface area contributed by atoms with Crippen molar-refractivity contribution in [2.45, 2.75) is 69.9 Å². The van der Waals surface area contributed by atoms with Crippen LogP contribution in [0.3, 0.4) is 0 Å².